The van der Waals surface area contributed by atoms with Crippen LogP contribution in [-0.2, 0) is 9.59 Å². The normalized spacial score (nSPS) is 16.2. The molecule has 7 nitrogen and oxygen atoms in total. The highest BCUT2D eigenvalue weighted by Crippen LogP contribution is 2.33. The first-order valence-corrected chi connectivity index (χ1v) is 9.75. The molecule has 2 aromatic heterocycles. The summed E-state index contributed by atoms with van der Waals surface area (Å²) >= 11 is 9.14. The van der Waals surface area contributed by atoms with Crippen molar-refractivity contribution in [2.45, 2.75) is 12.8 Å². The van der Waals surface area contributed by atoms with Crippen LogP contribution in [0.15, 0.2) is 22.4 Å². The van der Waals surface area contributed by atoms with Gasteiger partial charge in [0.25, 0.3) is 5.91 Å². The first-order chi connectivity index (χ1) is 11.6. The standard InChI is InChI=1S/C13H11N5O2S4/c19-10(14-12-15-16-17-24-12)4-1-5-18-11(20)9(23-13(18)21)7-8-3-2-6-22-8/h2-3,6-7H,1,4-5H2,(H,14,15,17,19)/b9-7-. The summed E-state index contributed by atoms with van der Waals surface area (Å²) in [5.74, 6) is -0.291. The average Bonchev–Trinajstić information content (AvgIpc) is 3.27. The van der Waals surface area contributed by atoms with Crippen molar-refractivity contribution >= 4 is 74.2 Å². The van der Waals surface area contributed by atoms with Crippen LogP contribution in [0.5, 0.6) is 0 Å². The highest BCUT2D eigenvalue weighted by Gasteiger charge is 2.31. The lowest BCUT2D eigenvalue weighted by atomic mass is 10.2. The Kier molecular flexibility index (Phi) is 5.66. The maximum Gasteiger partial charge on any atom is 0.266 e. The van der Waals surface area contributed by atoms with Crippen LogP contribution in [0.1, 0.15) is 17.7 Å². The van der Waals surface area contributed by atoms with Gasteiger partial charge in [0.15, 0.2) is 0 Å². The summed E-state index contributed by atoms with van der Waals surface area (Å²) in [6.07, 6.45) is 2.62. The Bertz CT molecular complexity index is 772. The van der Waals surface area contributed by atoms with Gasteiger partial charge in [-0.1, -0.05) is 39.6 Å². The molecule has 0 aromatic carbocycles. The molecule has 2 amide bonds. The lowest BCUT2D eigenvalue weighted by Crippen LogP contribution is -2.29. The van der Waals surface area contributed by atoms with Crippen molar-refractivity contribution in [3.8, 4) is 0 Å². The number of thioether (sulfide) groups is 1. The molecule has 1 saturated heterocycles. The minimum Gasteiger partial charge on any atom is -0.299 e. The molecule has 0 unspecified atom stereocenters. The van der Waals surface area contributed by atoms with Crippen LogP contribution in [0.4, 0.5) is 5.13 Å². The number of thiocarbonyl (C=S) groups is 1. The van der Waals surface area contributed by atoms with E-state index in [2.05, 4.69) is 20.1 Å². The molecule has 0 radical (unpaired) electrons. The number of anilines is 1. The Hall–Kier alpha value is -1.69. The van der Waals surface area contributed by atoms with Gasteiger partial charge in [0.05, 0.1) is 4.91 Å². The van der Waals surface area contributed by atoms with Gasteiger partial charge in [-0.05, 0) is 29.2 Å². The van der Waals surface area contributed by atoms with E-state index in [0.717, 1.165) is 16.4 Å². The van der Waals surface area contributed by atoms with Crippen molar-refractivity contribution in [2.24, 2.45) is 0 Å². The summed E-state index contributed by atoms with van der Waals surface area (Å²) in [6.45, 7) is 0.411. The molecule has 3 heterocycles. The van der Waals surface area contributed by atoms with E-state index >= 15 is 0 Å². The van der Waals surface area contributed by atoms with Gasteiger partial charge in [-0.25, -0.2) is 0 Å². The van der Waals surface area contributed by atoms with Crippen molar-refractivity contribution in [2.75, 3.05) is 11.9 Å². The third-order valence-electron chi connectivity index (χ3n) is 3.02. The Morgan fingerprint density at radius 1 is 1.46 bits per heavy atom. The number of amides is 2. The van der Waals surface area contributed by atoms with E-state index in [4.69, 9.17) is 12.2 Å². The van der Waals surface area contributed by atoms with E-state index in [-0.39, 0.29) is 18.2 Å². The molecule has 0 spiro atoms. The molecule has 2 aromatic rings. The number of carbonyl (C=O) groups is 2. The molecular formula is C13H11N5O2S4. The van der Waals surface area contributed by atoms with E-state index in [9.17, 15) is 9.59 Å². The molecule has 24 heavy (non-hydrogen) atoms. The molecule has 1 fully saturated rings. The van der Waals surface area contributed by atoms with Gasteiger partial charge in [-0.2, -0.15) is 0 Å². The second kappa shape index (κ2) is 7.92. The number of rotatable bonds is 6. The van der Waals surface area contributed by atoms with Crippen LogP contribution in [0.25, 0.3) is 6.08 Å². The van der Waals surface area contributed by atoms with Crippen LogP contribution in [0.3, 0.4) is 0 Å². The second-order valence-corrected chi connectivity index (χ2v) is 8.06. The Labute approximate surface area is 155 Å². The molecule has 1 aliphatic heterocycles. The Balaban J connectivity index is 1.51. The fraction of sp³-hybridized carbons (Fsp3) is 0.231. The summed E-state index contributed by atoms with van der Waals surface area (Å²) in [6, 6.07) is 3.88. The SMILES string of the molecule is O=C(CCCN1C(=O)/C(=C/c2cccs2)SC1=S)Nc1nnns1. The Morgan fingerprint density at radius 2 is 2.33 bits per heavy atom. The first-order valence-electron chi connectivity index (χ1n) is 6.87. The van der Waals surface area contributed by atoms with Crippen molar-refractivity contribution in [1.82, 2.24) is 19.7 Å². The summed E-state index contributed by atoms with van der Waals surface area (Å²) in [5.41, 5.74) is 0. The zero-order valence-electron chi connectivity index (χ0n) is 12.2. The van der Waals surface area contributed by atoms with Crippen LogP contribution in [0, 0.1) is 0 Å². The monoisotopic (exact) mass is 397 g/mol. The van der Waals surface area contributed by atoms with Gasteiger partial charge in [0, 0.05) is 29.4 Å². The number of hydrogen-bond acceptors (Lipinski definition) is 9. The molecule has 11 heteroatoms. The molecule has 0 bridgehead atoms. The predicted octanol–water partition coefficient (Wildman–Crippen LogP) is 2.61. The van der Waals surface area contributed by atoms with Crippen molar-refractivity contribution in [3.63, 3.8) is 0 Å². The molecule has 3 rings (SSSR count). The fourth-order valence-corrected chi connectivity index (χ4v) is 4.37. The maximum absolute atomic E-state index is 12.4. The largest absolute Gasteiger partial charge is 0.299 e. The highest BCUT2D eigenvalue weighted by atomic mass is 32.2. The predicted molar refractivity (Wildman–Crippen MR) is 99.8 cm³/mol. The van der Waals surface area contributed by atoms with Gasteiger partial charge in [-0.15, -0.1) is 11.3 Å². The first kappa shape index (κ1) is 17.1. The van der Waals surface area contributed by atoms with E-state index in [1.165, 1.54) is 11.8 Å². The second-order valence-electron chi connectivity index (χ2n) is 4.67. The maximum atomic E-state index is 12.4. The summed E-state index contributed by atoms with van der Waals surface area (Å²) in [7, 11) is 0. The lowest BCUT2D eigenvalue weighted by molar-refractivity contribution is -0.122. The van der Waals surface area contributed by atoms with E-state index < -0.39 is 0 Å². The number of nitrogens with zero attached hydrogens (tertiary/aromatic N) is 4. The topological polar surface area (TPSA) is 88.1 Å². The molecular weight excluding hydrogens is 386 g/mol. The van der Waals surface area contributed by atoms with Crippen LogP contribution >= 0.6 is 46.8 Å². The number of carbonyl (C=O) groups excluding carboxylic acids is 2. The minimum absolute atomic E-state index is 0.105. The summed E-state index contributed by atoms with van der Waals surface area (Å²) < 4.78 is 4.09. The number of thiophene rings is 1. The minimum atomic E-state index is -0.187. The molecule has 124 valence electrons. The Morgan fingerprint density at radius 3 is 3.04 bits per heavy atom. The third kappa shape index (κ3) is 4.23. The molecule has 1 aliphatic rings. The quantitative estimate of drug-likeness (QED) is 0.592. The number of hydrogen-bond donors (Lipinski definition) is 1. The van der Waals surface area contributed by atoms with Gasteiger partial charge >= 0.3 is 0 Å². The van der Waals surface area contributed by atoms with E-state index in [1.807, 2.05) is 23.6 Å². The van der Waals surface area contributed by atoms with Gasteiger partial charge < -0.3 is 0 Å². The van der Waals surface area contributed by atoms with Crippen LogP contribution in [-0.4, -0.2) is 42.4 Å². The van der Waals surface area contributed by atoms with Crippen molar-refractivity contribution < 1.29 is 9.59 Å². The third-order valence-corrected chi connectivity index (χ3v) is 5.73. The zero-order valence-corrected chi connectivity index (χ0v) is 15.4. The van der Waals surface area contributed by atoms with Crippen LogP contribution in [0.2, 0.25) is 0 Å². The van der Waals surface area contributed by atoms with E-state index in [1.54, 1.807) is 16.2 Å². The smallest absolute Gasteiger partial charge is 0.266 e. The van der Waals surface area contributed by atoms with E-state index in [0.29, 0.717) is 27.3 Å². The number of aromatic nitrogens is 3. The van der Waals surface area contributed by atoms with Crippen molar-refractivity contribution in [3.05, 3.63) is 27.3 Å². The highest BCUT2D eigenvalue weighted by molar-refractivity contribution is 8.26. The zero-order chi connectivity index (χ0) is 16.9. The van der Waals surface area contributed by atoms with Crippen LogP contribution < -0.4 is 5.32 Å². The average molecular weight is 398 g/mol. The molecule has 0 saturated carbocycles. The lowest BCUT2D eigenvalue weighted by Gasteiger charge is -2.13. The summed E-state index contributed by atoms with van der Waals surface area (Å²) in [5, 5.41) is 12.0. The number of nitrogens with one attached hydrogen (secondary N) is 1. The van der Waals surface area contributed by atoms with Gasteiger partial charge in [0.1, 0.15) is 4.32 Å². The fourth-order valence-electron chi connectivity index (χ4n) is 1.96. The molecule has 0 aliphatic carbocycles. The van der Waals surface area contributed by atoms with Crippen molar-refractivity contribution in [1.29, 1.82) is 0 Å². The van der Waals surface area contributed by atoms with Gasteiger partial charge in [0.2, 0.25) is 11.0 Å². The van der Waals surface area contributed by atoms with Gasteiger partial charge in [-0.3, -0.25) is 19.8 Å². The molecule has 1 N–H and O–H groups in total. The summed E-state index contributed by atoms with van der Waals surface area (Å²) in [4.78, 5) is 27.3. The molecule has 0 atom stereocenters.